The van der Waals surface area contributed by atoms with Crippen LogP contribution in [-0.4, -0.2) is 11.4 Å². The van der Waals surface area contributed by atoms with Crippen LogP contribution in [0.25, 0.3) is 0 Å². The summed E-state index contributed by atoms with van der Waals surface area (Å²) in [5.74, 6) is -0.417. The molecule has 3 nitrogen and oxygen atoms in total. The van der Waals surface area contributed by atoms with Crippen LogP contribution in [0.15, 0.2) is 24.3 Å². The summed E-state index contributed by atoms with van der Waals surface area (Å²) in [5, 5.41) is 2.78. The summed E-state index contributed by atoms with van der Waals surface area (Å²) in [5.41, 5.74) is 6.05. The lowest BCUT2D eigenvalue weighted by Crippen LogP contribution is -2.51. The Bertz CT molecular complexity index is 414. The van der Waals surface area contributed by atoms with Crippen LogP contribution >= 0.6 is 0 Å². The number of nitrogens with two attached hydrogens (primary N) is 1. The van der Waals surface area contributed by atoms with Gasteiger partial charge in [-0.15, -0.1) is 0 Å². The van der Waals surface area contributed by atoms with Crippen LogP contribution in [-0.2, 0) is 11.3 Å². The third-order valence-corrected chi connectivity index (χ3v) is 3.29. The zero-order valence-electron chi connectivity index (χ0n) is 9.71. The predicted octanol–water partition coefficient (Wildman–Crippen LogP) is 1.71. The first-order valence-electron chi connectivity index (χ1n) is 5.92. The Morgan fingerprint density at radius 2 is 2.12 bits per heavy atom. The second-order valence-corrected chi connectivity index (χ2v) is 4.68. The van der Waals surface area contributed by atoms with E-state index in [1.54, 1.807) is 12.1 Å². The molecule has 0 saturated heterocycles. The number of nitrogens with one attached hydrogen (secondary N) is 1. The van der Waals surface area contributed by atoms with Crippen molar-refractivity contribution in [1.82, 2.24) is 5.32 Å². The fourth-order valence-corrected chi connectivity index (χ4v) is 2.24. The van der Waals surface area contributed by atoms with Gasteiger partial charge in [0.1, 0.15) is 5.82 Å². The molecule has 1 aliphatic carbocycles. The van der Waals surface area contributed by atoms with Crippen molar-refractivity contribution in [3.63, 3.8) is 0 Å². The summed E-state index contributed by atoms with van der Waals surface area (Å²) in [6.45, 7) is 0.329. The lowest BCUT2D eigenvalue weighted by atomic mass is 9.98. The number of hydrogen-bond acceptors (Lipinski definition) is 2. The summed E-state index contributed by atoms with van der Waals surface area (Å²) in [4.78, 5) is 11.9. The molecular formula is C13H17FN2O. The van der Waals surface area contributed by atoms with E-state index in [1.165, 1.54) is 12.1 Å². The van der Waals surface area contributed by atoms with Gasteiger partial charge in [0.05, 0.1) is 5.54 Å². The highest BCUT2D eigenvalue weighted by atomic mass is 19.1. The van der Waals surface area contributed by atoms with Crippen LogP contribution in [0.2, 0.25) is 0 Å². The van der Waals surface area contributed by atoms with Gasteiger partial charge in [-0.05, 0) is 30.5 Å². The number of rotatable bonds is 3. The van der Waals surface area contributed by atoms with Gasteiger partial charge in [0.2, 0.25) is 5.91 Å². The van der Waals surface area contributed by atoms with Crippen LogP contribution in [0, 0.1) is 5.82 Å². The third-order valence-electron chi connectivity index (χ3n) is 3.29. The van der Waals surface area contributed by atoms with Crippen molar-refractivity contribution >= 4 is 5.91 Å². The molecule has 1 aromatic rings. The normalized spacial score (nSPS) is 18.0. The standard InChI is InChI=1S/C13H17FN2O/c14-11-5-3-4-10(8-11)9-16-12(17)13(15)6-1-2-7-13/h3-5,8H,1-2,6-7,9,15H2,(H,16,17). The molecule has 4 heteroatoms. The van der Waals surface area contributed by atoms with Crippen molar-refractivity contribution in [3.05, 3.63) is 35.6 Å². The van der Waals surface area contributed by atoms with Gasteiger partial charge in [-0.1, -0.05) is 25.0 Å². The lowest BCUT2D eigenvalue weighted by molar-refractivity contribution is -0.126. The van der Waals surface area contributed by atoms with E-state index >= 15 is 0 Å². The van der Waals surface area contributed by atoms with Crippen molar-refractivity contribution in [2.24, 2.45) is 5.73 Å². The maximum Gasteiger partial charge on any atom is 0.240 e. The van der Waals surface area contributed by atoms with E-state index in [1.807, 2.05) is 0 Å². The quantitative estimate of drug-likeness (QED) is 0.839. The molecule has 1 aromatic carbocycles. The zero-order chi connectivity index (χ0) is 12.3. The number of carbonyl (C=O) groups is 1. The Hall–Kier alpha value is -1.42. The highest BCUT2D eigenvalue weighted by Gasteiger charge is 2.36. The molecule has 1 saturated carbocycles. The van der Waals surface area contributed by atoms with E-state index in [4.69, 9.17) is 5.73 Å². The Labute approximate surface area is 100 Å². The van der Waals surface area contributed by atoms with Gasteiger partial charge in [-0.2, -0.15) is 0 Å². The van der Waals surface area contributed by atoms with Gasteiger partial charge < -0.3 is 11.1 Å². The maximum absolute atomic E-state index is 12.9. The summed E-state index contributed by atoms with van der Waals surface area (Å²) in [7, 11) is 0. The molecule has 92 valence electrons. The smallest absolute Gasteiger partial charge is 0.240 e. The van der Waals surface area contributed by atoms with E-state index in [-0.39, 0.29) is 11.7 Å². The molecule has 1 aliphatic rings. The van der Waals surface area contributed by atoms with E-state index in [9.17, 15) is 9.18 Å². The van der Waals surface area contributed by atoms with Crippen LogP contribution in [0.5, 0.6) is 0 Å². The lowest BCUT2D eigenvalue weighted by Gasteiger charge is -2.22. The minimum absolute atomic E-state index is 0.126. The highest BCUT2D eigenvalue weighted by Crippen LogP contribution is 2.27. The van der Waals surface area contributed by atoms with Gasteiger partial charge in [0.25, 0.3) is 0 Å². The molecular weight excluding hydrogens is 219 g/mol. The average molecular weight is 236 g/mol. The fourth-order valence-electron chi connectivity index (χ4n) is 2.24. The van der Waals surface area contributed by atoms with Gasteiger partial charge in [-0.3, -0.25) is 4.79 Å². The van der Waals surface area contributed by atoms with Crippen LogP contribution < -0.4 is 11.1 Å². The van der Waals surface area contributed by atoms with Gasteiger partial charge in [0.15, 0.2) is 0 Å². The molecule has 0 atom stereocenters. The monoisotopic (exact) mass is 236 g/mol. The van der Waals surface area contributed by atoms with Crippen LogP contribution in [0.4, 0.5) is 4.39 Å². The van der Waals surface area contributed by atoms with Gasteiger partial charge in [0, 0.05) is 6.54 Å². The number of halogens is 1. The number of hydrogen-bond donors (Lipinski definition) is 2. The third kappa shape index (κ3) is 2.82. The van der Waals surface area contributed by atoms with E-state index in [2.05, 4.69) is 5.32 Å². The van der Waals surface area contributed by atoms with E-state index in [0.29, 0.717) is 6.54 Å². The van der Waals surface area contributed by atoms with E-state index < -0.39 is 5.54 Å². The summed E-state index contributed by atoms with van der Waals surface area (Å²) < 4.78 is 12.9. The summed E-state index contributed by atoms with van der Waals surface area (Å²) in [6, 6.07) is 6.20. The molecule has 1 fully saturated rings. The molecule has 0 radical (unpaired) electrons. The SMILES string of the molecule is NC1(C(=O)NCc2cccc(F)c2)CCCC1. The van der Waals surface area contributed by atoms with E-state index in [0.717, 1.165) is 31.2 Å². The molecule has 0 heterocycles. The molecule has 0 spiro atoms. The Balaban J connectivity index is 1.92. The highest BCUT2D eigenvalue weighted by molar-refractivity contribution is 5.86. The van der Waals surface area contributed by atoms with Crippen molar-refractivity contribution < 1.29 is 9.18 Å². The van der Waals surface area contributed by atoms with Crippen molar-refractivity contribution in [2.75, 3.05) is 0 Å². The molecule has 0 aliphatic heterocycles. The average Bonchev–Trinajstić information content (AvgIpc) is 2.74. The second-order valence-electron chi connectivity index (χ2n) is 4.68. The second kappa shape index (κ2) is 4.84. The van der Waals surface area contributed by atoms with Crippen LogP contribution in [0.1, 0.15) is 31.2 Å². The number of benzene rings is 1. The fraction of sp³-hybridized carbons (Fsp3) is 0.462. The molecule has 3 N–H and O–H groups in total. The van der Waals surface area contributed by atoms with Gasteiger partial charge >= 0.3 is 0 Å². The molecule has 1 amide bonds. The maximum atomic E-state index is 12.9. The first-order valence-corrected chi connectivity index (χ1v) is 5.92. The summed E-state index contributed by atoms with van der Waals surface area (Å²) >= 11 is 0. The predicted molar refractivity (Wildman–Crippen MR) is 63.6 cm³/mol. The topological polar surface area (TPSA) is 55.1 Å². The summed E-state index contributed by atoms with van der Waals surface area (Å²) in [6.07, 6.45) is 3.48. The minimum Gasteiger partial charge on any atom is -0.350 e. The minimum atomic E-state index is -0.715. The van der Waals surface area contributed by atoms with Crippen molar-refractivity contribution in [1.29, 1.82) is 0 Å². The molecule has 0 unspecified atom stereocenters. The first kappa shape index (κ1) is 12.0. The molecule has 2 rings (SSSR count). The number of amides is 1. The molecule has 17 heavy (non-hydrogen) atoms. The zero-order valence-corrected chi connectivity index (χ0v) is 9.71. The first-order chi connectivity index (χ1) is 8.10. The Kier molecular flexibility index (Phi) is 3.43. The largest absolute Gasteiger partial charge is 0.350 e. The Morgan fingerprint density at radius 3 is 2.76 bits per heavy atom. The molecule has 0 bridgehead atoms. The van der Waals surface area contributed by atoms with Crippen molar-refractivity contribution in [3.8, 4) is 0 Å². The van der Waals surface area contributed by atoms with Gasteiger partial charge in [-0.25, -0.2) is 4.39 Å². The van der Waals surface area contributed by atoms with Crippen molar-refractivity contribution in [2.45, 2.75) is 37.8 Å². The van der Waals surface area contributed by atoms with Crippen LogP contribution in [0.3, 0.4) is 0 Å². The number of carbonyl (C=O) groups excluding carboxylic acids is 1. The Morgan fingerprint density at radius 1 is 1.41 bits per heavy atom. The molecule has 0 aromatic heterocycles.